The number of anilines is 1. The molecule has 0 unspecified atom stereocenters. The molecule has 0 amide bonds. The van der Waals surface area contributed by atoms with E-state index >= 15 is 0 Å². The molecule has 22 heavy (non-hydrogen) atoms. The molecule has 122 valence electrons. The number of aryl methyl sites for hydroxylation is 1. The molecule has 1 aliphatic rings. The van der Waals surface area contributed by atoms with Crippen LogP contribution in [-0.2, 0) is 4.74 Å². The van der Waals surface area contributed by atoms with Gasteiger partial charge in [-0.15, -0.1) is 0 Å². The molecular formula is C13H18N2O7. The van der Waals surface area contributed by atoms with Crippen LogP contribution in [0.2, 0.25) is 0 Å². The van der Waals surface area contributed by atoms with Gasteiger partial charge in [0.05, 0.1) is 11.5 Å². The number of benzene rings is 1. The van der Waals surface area contributed by atoms with Crippen molar-refractivity contribution in [3.05, 3.63) is 33.9 Å². The molecule has 1 aromatic rings. The van der Waals surface area contributed by atoms with Gasteiger partial charge in [-0.1, -0.05) is 6.07 Å². The zero-order chi connectivity index (χ0) is 16.4. The highest BCUT2D eigenvalue weighted by molar-refractivity contribution is 5.57. The van der Waals surface area contributed by atoms with Crippen LogP contribution in [0, 0.1) is 17.0 Å². The molecule has 9 nitrogen and oxygen atoms in total. The van der Waals surface area contributed by atoms with Crippen molar-refractivity contribution in [2.24, 2.45) is 0 Å². The van der Waals surface area contributed by atoms with E-state index in [0.717, 1.165) is 0 Å². The Bertz CT molecular complexity index is 553. The second-order valence-electron chi connectivity index (χ2n) is 5.15. The summed E-state index contributed by atoms with van der Waals surface area (Å²) in [5.74, 6) is 0. The molecule has 1 saturated heterocycles. The summed E-state index contributed by atoms with van der Waals surface area (Å²) < 4.78 is 5.31. The summed E-state index contributed by atoms with van der Waals surface area (Å²) in [6.45, 7) is 1.08. The summed E-state index contributed by atoms with van der Waals surface area (Å²) >= 11 is 0. The minimum absolute atomic E-state index is 0.131. The van der Waals surface area contributed by atoms with Gasteiger partial charge in [-0.25, -0.2) is 0 Å². The Morgan fingerprint density at radius 2 is 2.09 bits per heavy atom. The van der Waals surface area contributed by atoms with Crippen molar-refractivity contribution in [1.29, 1.82) is 0 Å². The summed E-state index contributed by atoms with van der Waals surface area (Å²) in [6, 6.07) is 4.17. The first-order valence-electron chi connectivity index (χ1n) is 6.67. The fraction of sp³-hybridized carbons (Fsp3) is 0.538. The maximum absolute atomic E-state index is 10.8. The summed E-state index contributed by atoms with van der Waals surface area (Å²) in [5.41, 5.74) is 0.916. The molecule has 1 aromatic carbocycles. The molecule has 1 fully saturated rings. The smallest absolute Gasteiger partial charge is 0.271 e. The molecule has 5 N–H and O–H groups in total. The lowest BCUT2D eigenvalue weighted by Crippen LogP contribution is -2.40. The topological polar surface area (TPSA) is 145 Å². The van der Waals surface area contributed by atoms with Crippen LogP contribution in [-0.4, -0.2) is 62.6 Å². The second kappa shape index (κ2) is 6.55. The van der Waals surface area contributed by atoms with E-state index in [1.807, 2.05) is 0 Å². The van der Waals surface area contributed by atoms with Crippen LogP contribution in [0.1, 0.15) is 5.56 Å². The van der Waals surface area contributed by atoms with Crippen LogP contribution in [0.4, 0.5) is 11.4 Å². The molecule has 1 aliphatic heterocycles. The summed E-state index contributed by atoms with van der Waals surface area (Å²) in [4.78, 5) is 10.2. The van der Waals surface area contributed by atoms with Crippen LogP contribution in [0.3, 0.4) is 0 Å². The van der Waals surface area contributed by atoms with Crippen LogP contribution < -0.4 is 5.32 Å². The summed E-state index contributed by atoms with van der Waals surface area (Å²) in [5, 5.41) is 51.8. The number of nitrogens with zero attached hydrogens (tertiary/aromatic N) is 1. The molecule has 5 atom stereocenters. The quantitative estimate of drug-likeness (QED) is 0.348. The SMILES string of the molecule is Cc1ccc([N+](=O)[O-])cc1N[C@@H]1O[C@H]([C@H](O)CO)[C@@H](O)[C@@H]1O. The Kier molecular flexibility index (Phi) is 4.94. The van der Waals surface area contributed by atoms with Gasteiger partial charge in [0, 0.05) is 17.8 Å². The maximum atomic E-state index is 10.8. The van der Waals surface area contributed by atoms with Crippen LogP contribution in [0.5, 0.6) is 0 Å². The maximum Gasteiger partial charge on any atom is 0.271 e. The second-order valence-corrected chi connectivity index (χ2v) is 5.15. The van der Waals surface area contributed by atoms with E-state index in [1.54, 1.807) is 6.92 Å². The molecule has 0 spiro atoms. The van der Waals surface area contributed by atoms with Crippen molar-refractivity contribution in [3.63, 3.8) is 0 Å². The monoisotopic (exact) mass is 314 g/mol. The van der Waals surface area contributed by atoms with Crippen LogP contribution in [0.15, 0.2) is 18.2 Å². The van der Waals surface area contributed by atoms with E-state index in [4.69, 9.17) is 9.84 Å². The van der Waals surface area contributed by atoms with Gasteiger partial charge in [0.2, 0.25) is 0 Å². The Labute approximate surface area is 125 Å². The zero-order valence-corrected chi connectivity index (χ0v) is 11.8. The molecular weight excluding hydrogens is 296 g/mol. The molecule has 9 heteroatoms. The number of nitro benzene ring substituents is 1. The van der Waals surface area contributed by atoms with Crippen molar-refractivity contribution >= 4 is 11.4 Å². The fourth-order valence-corrected chi connectivity index (χ4v) is 2.28. The first-order chi connectivity index (χ1) is 10.3. The number of hydrogen-bond donors (Lipinski definition) is 5. The van der Waals surface area contributed by atoms with E-state index in [0.29, 0.717) is 11.3 Å². The highest BCUT2D eigenvalue weighted by Crippen LogP contribution is 2.28. The third-order valence-electron chi connectivity index (χ3n) is 3.60. The number of non-ortho nitro benzene ring substituents is 1. The lowest BCUT2D eigenvalue weighted by Gasteiger charge is -2.20. The van der Waals surface area contributed by atoms with E-state index < -0.39 is 42.2 Å². The number of aliphatic hydroxyl groups excluding tert-OH is 4. The van der Waals surface area contributed by atoms with Gasteiger partial charge < -0.3 is 30.5 Å². The predicted octanol–water partition coefficient (Wildman–Crippen LogP) is -0.885. The van der Waals surface area contributed by atoms with Crippen molar-refractivity contribution in [1.82, 2.24) is 0 Å². The van der Waals surface area contributed by atoms with Crippen molar-refractivity contribution in [2.75, 3.05) is 11.9 Å². The largest absolute Gasteiger partial charge is 0.394 e. The van der Waals surface area contributed by atoms with Crippen LogP contribution >= 0.6 is 0 Å². The van der Waals surface area contributed by atoms with Crippen molar-refractivity contribution < 1.29 is 30.1 Å². The molecule has 0 aromatic heterocycles. The van der Waals surface area contributed by atoms with Gasteiger partial charge in [0.25, 0.3) is 5.69 Å². The Hall–Kier alpha value is -1.78. The summed E-state index contributed by atoms with van der Waals surface area (Å²) in [7, 11) is 0. The van der Waals surface area contributed by atoms with Gasteiger partial charge in [0.1, 0.15) is 24.4 Å². The lowest BCUT2D eigenvalue weighted by atomic mass is 10.1. The van der Waals surface area contributed by atoms with Gasteiger partial charge >= 0.3 is 0 Å². The first-order valence-corrected chi connectivity index (χ1v) is 6.67. The number of ether oxygens (including phenoxy) is 1. The van der Waals surface area contributed by atoms with Crippen molar-refractivity contribution in [3.8, 4) is 0 Å². The first kappa shape index (κ1) is 16.6. The van der Waals surface area contributed by atoms with Crippen molar-refractivity contribution in [2.45, 2.75) is 37.6 Å². The average molecular weight is 314 g/mol. The van der Waals surface area contributed by atoms with E-state index in [9.17, 15) is 25.4 Å². The highest BCUT2D eigenvalue weighted by atomic mass is 16.6. The van der Waals surface area contributed by atoms with E-state index in [2.05, 4.69) is 5.32 Å². The fourth-order valence-electron chi connectivity index (χ4n) is 2.28. The minimum Gasteiger partial charge on any atom is -0.394 e. The number of nitro groups is 1. The molecule has 1 heterocycles. The Balaban J connectivity index is 2.17. The standard InChI is InChI=1S/C13H18N2O7/c1-6-2-3-7(15(20)21)4-8(6)14-13-11(19)10(18)12(22-13)9(17)5-16/h2-4,9-14,16-19H,5H2,1H3/t9-,10+,11+,12-,13-/m1/s1. The lowest BCUT2D eigenvalue weighted by molar-refractivity contribution is -0.384. The van der Waals surface area contributed by atoms with Gasteiger partial charge in [-0.2, -0.15) is 0 Å². The van der Waals surface area contributed by atoms with Gasteiger partial charge in [-0.3, -0.25) is 10.1 Å². The minimum atomic E-state index is -1.39. The molecule has 0 aliphatic carbocycles. The Morgan fingerprint density at radius 1 is 1.41 bits per heavy atom. The predicted molar refractivity (Wildman–Crippen MR) is 75.2 cm³/mol. The number of nitrogens with one attached hydrogen (secondary N) is 1. The number of rotatable bonds is 5. The zero-order valence-electron chi connectivity index (χ0n) is 11.8. The third kappa shape index (κ3) is 3.18. The number of hydrogen-bond acceptors (Lipinski definition) is 8. The highest BCUT2D eigenvalue weighted by Gasteiger charge is 2.45. The van der Waals surface area contributed by atoms with E-state index in [1.165, 1.54) is 18.2 Å². The third-order valence-corrected chi connectivity index (χ3v) is 3.60. The Morgan fingerprint density at radius 3 is 2.68 bits per heavy atom. The normalized spacial score (nSPS) is 29.3. The molecule has 0 saturated carbocycles. The van der Waals surface area contributed by atoms with E-state index in [-0.39, 0.29) is 5.69 Å². The number of aliphatic hydroxyl groups is 4. The molecule has 0 radical (unpaired) electrons. The summed E-state index contributed by atoms with van der Waals surface area (Å²) in [6.07, 6.45) is -6.32. The van der Waals surface area contributed by atoms with Crippen LogP contribution in [0.25, 0.3) is 0 Å². The van der Waals surface area contributed by atoms with Gasteiger partial charge in [0.15, 0.2) is 6.23 Å². The molecule has 0 bridgehead atoms. The average Bonchev–Trinajstić information content (AvgIpc) is 2.77. The van der Waals surface area contributed by atoms with Gasteiger partial charge in [-0.05, 0) is 12.5 Å². The molecule has 2 rings (SSSR count).